The number of carbonyl (C=O) groups is 1. The third kappa shape index (κ3) is 8.24. The lowest BCUT2D eigenvalue weighted by atomic mass is 10.2. The van der Waals surface area contributed by atoms with Crippen LogP contribution >= 0.6 is 0 Å². The number of carbonyl (C=O) groups excluding carboxylic acids is 1. The van der Waals surface area contributed by atoms with Gasteiger partial charge >= 0.3 is 0 Å². The average molecular weight is 353 g/mol. The normalized spacial score (nSPS) is 13.5. The Morgan fingerprint density at radius 2 is 2.12 bits per heavy atom. The zero-order valence-corrected chi connectivity index (χ0v) is 15.7. The highest BCUT2D eigenvalue weighted by Gasteiger charge is 2.14. The summed E-state index contributed by atoms with van der Waals surface area (Å²) in [6, 6.07) is 1.89. The van der Waals surface area contributed by atoms with Crippen molar-refractivity contribution in [2.45, 2.75) is 39.3 Å². The molecule has 1 aromatic rings. The summed E-state index contributed by atoms with van der Waals surface area (Å²) in [7, 11) is 1.66. The van der Waals surface area contributed by atoms with Crippen LogP contribution in [0, 0.1) is 0 Å². The summed E-state index contributed by atoms with van der Waals surface area (Å²) < 4.78 is 5.05. The minimum Gasteiger partial charge on any atom is -0.390 e. The molecule has 142 valence electrons. The molecule has 0 aromatic carbocycles. The molecule has 2 atom stereocenters. The van der Waals surface area contributed by atoms with Crippen LogP contribution in [-0.4, -0.2) is 77.9 Å². The Morgan fingerprint density at radius 3 is 2.76 bits per heavy atom. The van der Waals surface area contributed by atoms with Crippen molar-refractivity contribution in [3.05, 3.63) is 18.1 Å². The third-order valence-electron chi connectivity index (χ3n) is 3.87. The minimum atomic E-state index is -0.626. The number of nitrogens with zero attached hydrogens (tertiary/aromatic N) is 3. The second-order valence-electron chi connectivity index (χ2n) is 5.94. The topological polar surface area (TPSA) is 99.6 Å². The molecule has 0 aliphatic carbocycles. The molecule has 8 nitrogen and oxygen atoms in total. The Morgan fingerprint density at radius 1 is 1.40 bits per heavy atom. The molecular weight excluding hydrogens is 322 g/mol. The maximum atomic E-state index is 12.2. The van der Waals surface area contributed by atoms with E-state index in [1.807, 2.05) is 20.8 Å². The molecule has 25 heavy (non-hydrogen) atoms. The predicted octanol–water partition coefficient (Wildman–Crippen LogP) is 0.746. The SMILES string of the molecule is CCN(CC)CC(O)CNC(=O)c1nccc(NC(C)CCOC)n1. The summed E-state index contributed by atoms with van der Waals surface area (Å²) in [6.45, 7) is 9.15. The quantitative estimate of drug-likeness (QED) is 0.510. The molecule has 0 bridgehead atoms. The van der Waals surface area contributed by atoms with Crippen LogP contribution in [0.1, 0.15) is 37.8 Å². The van der Waals surface area contributed by atoms with E-state index in [1.165, 1.54) is 0 Å². The predicted molar refractivity (Wildman–Crippen MR) is 97.7 cm³/mol. The number of aromatic nitrogens is 2. The smallest absolute Gasteiger partial charge is 0.289 e. The Bertz CT molecular complexity index is 511. The Balaban J connectivity index is 2.51. The molecule has 0 saturated heterocycles. The first-order valence-corrected chi connectivity index (χ1v) is 8.77. The first-order valence-electron chi connectivity index (χ1n) is 8.77. The molecule has 0 spiro atoms. The van der Waals surface area contributed by atoms with Gasteiger partial charge in [-0.1, -0.05) is 13.8 Å². The number of hydrogen-bond donors (Lipinski definition) is 3. The van der Waals surface area contributed by atoms with Gasteiger partial charge in [-0.15, -0.1) is 0 Å². The summed E-state index contributed by atoms with van der Waals surface area (Å²) >= 11 is 0. The molecule has 0 radical (unpaired) electrons. The Labute approximate surface area is 150 Å². The third-order valence-corrected chi connectivity index (χ3v) is 3.87. The van der Waals surface area contributed by atoms with Crippen LogP contribution in [0.3, 0.4) is 0 Å². The first kappa shape index (κ1) is 21.3. The lowest BCUT2D eigenvalue weighted by molar-refractivity contribution is 0.0860. The molecule has 0 fully saturated rings. The van der Waals surface area contributed by atoms with Crippen LogP contribution in [0.25, 0.3) is 0 Å². The molecule has 3 N–H and O–H groups in total. The van der Waals surface area contributed by atoms with E-state index in [9.17, 15) is 9.90 Å². The molecule has 2 unspecified atom stereocenters. The molecule has 1 amide bonds. The van der Waals surface area contributed by atoms with Crippen molar-refractivity contribution in [1.29, 1.82) is 0 Å². The van der Waals surface area contributed by atoms with Gasteiger partial charge in [-0.3, -0.25) is 4.79 Å². The summed E-state index contributed by atoms with van der Waals surface area (Å²) in [5.74, 6) is 0.276. The van der Waals surface area contributed by atoms with Crippen LogP contribution in [0.2, 0.25) is 0 Å². The van der Waals surface area contributed by atoms with Crippen molar-refractivity contribution in [2.24, 2.45) is 0 Å². The van der Waals surface area contributed by atoms with Gasteiger partial charge in [0.2, 0.25) is 5.82 Å². The van der Waals surface area contributed by atoms with Crippen LogP contribution in [0.4, 0.5) is 5.82 Å². The number of anilines is 1. The van der Waals surface area contributed by atoms with E-state index >= 15 is 0 Å². The number of ether oxygens (including phenoxy) is 1. The van der Waals surface area contributed by atoms with Crippen LogP contribution < -0.4 is 10.6 Å². The van der Waals surface area contributed by atoms with Gasteiger partial charge in [0.15, 0.2) is 0 Å². The monoisotopic (exact) mass is 353 g/mol. The fraction of sp³-hybridized carbons (Fsp3) is 0.706. The number of rotatable bonds is 12. The molecule has 1 heterocycles. The van der Waals surface area contributed by atoms with Crippen molar-refractivity contribution < 1.29 is 14.6 Å². The van der Waals surface area contributed by atoms with E-state index in [1.54, 1.807) is 19.4 Å². The second-order valence-corrected chi connectivity index (χ2v) is 5.94. The molecule has 8 heteroatoms. The molecule has 0 aliphatic heterocycles. The van der Waals surface area contributed by atoms with Crippen LogP contribution in [0.15, 0.2) is 12.3 Å². The van der Waals surface area contributed by atoms with Crippen LogP contribution in [-0.2, 0) is 4.74 Å². The highest BCUT2D eigenvalue weighted by Crippen LogP contribution is 2.06. The molecule has 1 aromatic heterocycles. The standard InChI is InChI=1S/C17H31N5O3/c1-5-22(6-2)12-14(23)11-19-17(24)16-18-9-7-15(21-16)20-13(3)8-10-25-4/h7,9,13-14,23H,5-6,8,10-12H2,1-4H3,(H,19,24)(H,18,20,21). The zero-order chi connectivity index (χ0) is 18.7. The highest BCUT2D eigenvalue weighted by molar-refractivity contribution is 5.90. The van der Waals surface area contributed by atoms with Crippen molar-refractivity contribution >= 4 is 11.7 Å². The van der Waals surface area contributed by atoms with Gasteiger partial charge in [-0.25, -0.2) is 9.97 Å². The number of methoxy groups -OCH3 is 1. The zero-order valence-electron chi connectivity index (χ0n) is 15.7. The molecule has 0 saturated carbocycles. The van der Waals surface area contributed by atoms with Crippen molar-refractivity contribution in [3.8, 4) is 0 Å². The summed E-state index contributed by atoms with van der Waals surface area (Å²) in [4.78, 5) is 22.5. The lowest BCUT2D eigenvalue weighted by Crippen LogP contribution is -2.40. The van der Waals surface area contributed by atoms with E-state index in [0.29, 0.717) is 19.0 Å². The van der Waals surface area contributed by atoms with Gasteiger partial charge in [-0.05, 0) is 32.5 Å². The summed E-state index contributed by atoms with van der Waals surface area (Å²) in [6.07, 6.45) is 1.75. The molecule has 1 rings (SSSR count). The van der Waals surface area contributed by atoms with Crippen LogP contribution in [0.5, 0.6) is 0 Å². The van der Waals surface area contributed by atoms with Crippen molar-refractivity contribution in [2.75, 3.05) is 45.2 Å². The lowest BCUT2D eigenvalue weighted by Gasteiger charge is -2.21. The van der Waals surface area contributed by atoms with Crippen molar-refractivity contribution in [1.82, 2.24) is 20.2 Å². The van der Waals surface area contributed by atoms with E-state index in [0.717, 1.165) is 19.5 Å². The number of likely N-dealkylation sites (N-methyl/N-ethyl adjacent to an activating group) is 1. The first-order chi connectivity index (χ1) is 12.0. The fourth-order valence-electron chi connectivity index (χ4n) is 2.30. The number of amides is 1. The summed E-state index contributed by atoms with van der Waals surface area (Å²) in [5, 5.41) is 15.9. The highest BCUT2D eigenvalue weighted by atomic mass is 16.5. The molecule has 0 aliphatic rings. The van der Waals surface area contributed by atoms with E-state index in [-0.39, 0.29) is 18.4 Å². The fourth-order valence-corrected chi connectivity index (χ4v) is 2.30. The largest absolute Gasteiger partial charge is 0.390 e. The number of hydrogen-bond acceptors (Lipinski definition) is 7. The maximum absolute atomic E-state index is 12.2. The minimum absolute atomic E-state index is 0.0824. The number of aliphatic hydroxyl groups excluding tert-OH is 1. The second kappa shape index (κ2) is 11.7. The molecular formula is C17H31N5O3. The van der Waals surface area contributed by atoms with E-state index in [2.05, 4.69) is 25.5 Å². The van der Waals surface area contributed by atoms with Gasteiger partial charge in [0.1, 0.15) is 5.82 Å². The number of nitrogens with one attached hydrogen (secondary N) is 2. The van der Waals surface area contributed by atoms with Gasteiger partial charge in [0, 0.05) is 39.0 Å². The Hall–Kier alpha value is -1.77. The van der Waals surface area contributed by atoms with Crippen molar-refractivity contribution in [3.63, 3.8) is 0 Å². The van der Waals surface area contributed by atoms with E-state index in [4.69, 9.17) is 4.74 Å². The van der Waals surface area contributed by atoms with Gasteiger partial charge in [0.25, 0.3) is 5.91 Å². The van der Waals surface area contributed by atoms with Gasteiger partial charge in [-0.2, -0.15) is 0 Å². The van der Waals surface area contributed by atoms with Gasteiger partial charge in [0.05, 0.1) is 6.10 Å². The Kier molecular flexibility index (Phi) is 9.98. The maximum Gasteiger partial charge on any atom is 0.289 e. The van der Waals surface area contributed by atoms with E-state index < -0.39 is 12.0 Å². The average Bonchev–Trinajstić information content (AvgIpc) is 2.62. The van der Waals surface area contributed by atoms with Gasteiger partial charge < -0.3 is 25.4 Å². The number of aliphatic hydroxyl groups is 1. The summed E-state index contributed by atoms with van der Waals surface area (Å²) in [5.41, 5.74) is 0.